The second-order valence-corrected chi connectivity index (χ2v) is 7.21. The quantitative estimate of drug-likeness (QED) is 0.686. The number of anilines is 1. The van der Waals surface area contributed by atoms with Crippen LogP contribution in [0.25, 0.3) is 11.4 Å². The zero-order valence-electron chi connectivity index (χ0n) is 16.5. The van der Waals surface area contributed by atoms with Crippen LogP contribution in [0.5, 0.6) is 0 Å². The first-order valence-electron chi connectivity index (χ1n) is 9.60. The van der Waals surface area contributed by atoms with Crippen LogP contribution < -0.4 is 5.73 Å². The van der Waals surface area contributed by atoms with E-state index in [2.05, 4.69) is 15.1 Å². The van der Waals surface area contributed by atoms with Crippen molar-refractivity contribution in [3.05, 3.63) is 60.2 Å². The molecule has 3 aromatic rings. The molecular weight excluding hydrogens is 411 g/mol. The Kier molecular flexibility index (Phi) is 5.59. The predicted octanol–water partition coefficient (Wildman–Crippen LogP) is 2.73. The minimum atomic E-state index is -4.50. The molecule has 162 valence electrons. The molecule has 2 N–H and O–H groups in total. The number of nitrogens with zero attached hydrogens (tertiary/aromatic N) is 6. The average molecular weight is 431 g/mol. The molecule has 1 aromatic carbocycles. The summed E-state index contributed by atoms with van der Waals surface area (Å²) in [4.78, 5) is 24.0. The lowest BCUT2D eigenvalue weighted by atomic mass is 10.0. The number of hydrogen-bond donors (Lipinski definition) is 1. The van der Waals surface area contributed by atoms with Crippen molar-refractivity contribution in [3.8, 4) is 11.4 Å². The Labute approximate surface area is 176 Å². The number of amides is 1. The van der Waals surface area contributed by atoms with Gasteiger partial charge >= 0.3 is 12.2 Å². The Morgan fingerprint density at radius 3 is 2.42 bits per heavy atom. The van der Waals surface area contributed by atoms with Crippen LogP contribution in [0.3, 0.4) is 0 Å². The fourth-order valence-electron chi connectivity index (χ4n) is 3.49. The summed E-state index contributed by atoms with van der Waals surface area (Å²) in [6.45, 7) is 1.79. The first-order valence-corrected chi connectivity index (χ1v) is 9.60. The molecule has 0 aliphatic carbocycles. The Morgan fingerprint density at radius 1 is 1.10 bits per heavy atom. The van der Waals surface area contributed by atoms with Gasteiger partial charge in [-0.15, -0.1) is 0 Å². The molecule has 1 fully saturated rings. The maximum absolute atomic E-state index is 13.7. The maximum Gasteiger partial charge on any atom is 0.416 e. The van der Waals surface area contributed by atoms with Crippen molar-refractivity contribution in [3.63, 3.8) is 0 Å². The molecule has 0 spiro atoms. The van der Waals surface area contributed by atoms with Gasteiger partial charge in [-0.1, -0.05) is 12.1 Å². The van der Waals surface area contributed by atoms with E-state index in [0.29, 0.717) is 37.4 Å². The third-order valence-electron chi connectivity index (χ3n) is 5.07. The van der Waals surface area contributed by atoms with Crippen molar-refractivity contribution >= 4 is 11.7 Å². The van der Waals surface area contributed by atoms with E-state index in [1.165, 1.54) is 30.9 Å². The third kappa shape index (κ3) is 4.66. The van der Waals surface area contributed by atoms with Gasteiger partial charge < -0.3 is 10.6 Å². The molecule has 4 rings (SSSR count). The standard InChI is InChI=1S/C20H20F3N7O/c21-20(22,23)17-10-14(18-25-4-1-5-26-18)2-3-15(17)12-28-6-8-29(9-7-28)19(31)30-13-16(24)11-27-30/h1-5,10-11,13H,6-9,12,24H2. The molecule has 0 unspecified atom stereocenters. The average Bonchev–Trinajstić information content (AvgIpc) is 3.20. The van der Waals surface area contributed by atoms with Crippen molar-refractivity contribution in [1.82, 2.24) is 29.5 Å². The minimum absolute atomic E-state index is 0.127. The second-order valence-electron chi connectivity index (χ2n) is 7.21. The van der Waals surface area contributed by atoms with Crippen LogP contribution in [-0.4, -0.2) is 61.8 Å². The van der Waals surface area contributed by atoms with E-state index >= 15 is 0 Å². The topological polar surface area (TPSA) is 93.2 Å². The van der Waals surface area contributed by atoms with Gasteiger partial charge in [-0.2, -0.15) is 23.0 Å². The number of halogens is 3. The van der Waals surface area contributed by atoms with E-state index in [9.17, 15) is 18.0 Å². The highest BCUT2D eigenvalue weighted by Crippen LogP contribution is 2.35. The van der Waals surface area contributed by atoms with Gasteiger partial charge in [0, 0.05) is 50.7 Å². The lowest BCUT2D eigenvalue weighted by Gasteiger charge is -2.34. The molecule has 1 amide bonds. The molecule has 3 heterocycles. The fraction of sp³-hybridized carbons (Fsp3) is 0.300. The number of nitrogens with two attached hydrogens (primary N) is 1. The second kappa shape index (κ2) is 8.34. The molecule has 11 heteroatoms. The Morgan fingerprint density at radius 2 is 1.81 bits per heavy atom. The molecule has 0 atom stereocenters. The molecule has 0 saturated carbocycles. The molecule has 0 radical (unpaired) electrons. The highest BCUT2D eigenvalue weighted by Gasteiger charge is 2.34. The number of nitrogen functional groups attached to an aromatic ring is 1. The fourth-order valence-corrected chi connectivity index (χ4v) is 3.49. The summed E-state index contributed by atoms with van der Waals surface area (Å²) in [5.74, 6) is 0.242. The minimum Gasteiger partial charge on any atom is -0.396 e. The van der Waals surface area contributed by atoms with E-state index in [-0.39, 0.29) is 24.0 Å². The summed E-state index contributed by atoms with van der Waals surface area (Å²) in [5, 5.41) is 3.90. The normalized spacial score (nSPS) is 15.3. The van der Waals surface area contributed by atoms with Gasteiger partial charge in [0.05, 0.1) is 23.6 Å². The summed E-state index contributed by atoms with van der Waals surface area (Å²) in [5.41, 5.74) is 5.75. The number of carbonyl (C=O) groups is 1. The number of hydrogen-bond acceptors (Lipinski definition) is 6. The highest BCUT2D eigenvalue weighted by molar-refractivity contribution is 5.76. The number of rotatable bonds is 3. The van der Waals surface area contributed by atoms with Gasteiger partial charge in [0.25, 0.3) is 0 Å². The molecular formula is C20H20F3N7O. The summed E-state index contributed by atoms with van der Waals surface area (Å²) in [6.07, 6.45) is 1.29. The van der Waals surface area contributed by atoms with Crippen LogP contribution in [0.4, 0.5) is 23.7 Å². The van der Waals surface area contributed by atoms with Crippen LogP contribution in [0.1, 0.15) is 11.1 Å². The number of carbonyl (C=O) groups excluding carboxylic acids is 1. The largest absolute Gasteiger partial charge is 0.416 e. The van der Waals surface area contributed by atoms with Gasteiger partial charge in [-0.25, -0.2) is 14.8 Å². The lowest BCUT2D eigenvalue weighted by molar-refractivity contribution is -0.138. The van der Waals surface area contributed by atoms with E-state index in [1.807, 2.05) is 4.90 Å². The van der Waals surface area contributed by atoms with E-state index in [4.69, 9.17) is 5.73 Å². The summed E-state index contributed by atoms with van der Waals surface area (Å²) >= 11 is 0. The van der Waals surface area contributed by atoms with Crippen molar-refractivity contribution in [2.75, 3.05) is 31.9 Å². The third-order valence-corrected chi connectivity index (χ3v) is 5.07. The van der Waals surface area contributed by atoms with Crippen LogP contribution >= 0.6 is 0 Å². The molecule has 2 aromatic heterocycles. The van der Waals surface area contributed by atoms with Crippen LogP contribution in [0.2, 0.25) is 0 Å². The molecule has 1 aliphatic rings. The number of benzene rings is 1. The zero-order valence-corrected chi connectivity index (χ0v) is 16.5. The zero-order chi connectivity index (χ0) is 22.0. The molecule has 1 aliphatic heterocycles. The van der Waals surface area contributed by atoms with E-state index < -0.39 is 11.7 Å². The van der Waals surface area contributed by atoms with Crippen molar-refractivity contribution in [2.24, 2.45) is 0 Å². The van der Waals surface area contributed by atoms with Crippen molar-refractivity contribution < 1.29 is 18.0 Å². The van der Waals surface area contributed by atoms with E-state index in [0.717, 1.165) is 10.7 Å². The molecule has 0 bridgehead atoms. The molecule has 1 saturated heterocycles. The monoisotopic (exact) mass is 431 g/mol. The van der Waals surface area contributed by atoms with Crippen molar-refractivity contribution in [1.29, 1.82) is 0 Å². The predicted molar refractivity (Wildman–Crippen MR) is 107 cm³/mol. The molecule has 8 nitrogen and oxygen atoms in total. The Bertz CT molecular complexity index is 1060. The van der Waals surface area contributed by atoms with Crippen LogP contribution in [0, 0.1) is 0 Å². The van der Waals surface area contributed by atoms with Crippen molar-refractivity contribution in [2.45, 2.75) is 12.7 Å². The van der Waals surface area contributed by atoms with Crippen LogP contribution in [-0.2, 0) is 12.7 Å². The van der Waals surface area contributed by atoms with Gasteiger partial charge in [0.15, 0.2) is 5.82 Å². The van der Waals surface area contributed by atoms with Gasteiger partial charge in [0.1, 0.15) is 0 Å². The van der Waals surface area contributed by atoms with Gasteiger partial charge in [-0.3, -0.25) is 4.90 Å². The highest BCUT2D eigenvalue weighted by atomic mass is 19.4. The SMILES string of the molecule is Nc1cnn(C(=O)N2CCN(Cc3ccc(-c4ncccn4)cc3C(F)(F)F)CC2)c1. The van der Waals surface area contributed by atoms with Crippen LogP contribution in [0.15, 0.2) is 49.1 Å². The lowest BCUT2D eigenvalue weighted by Crippen LogP contribution is -2.49. The number of alkyl halides is 3. The summed E-state index contributed by atoms with van der Waals surface area (Å²) in [6, 6.07) is 5.46. The smallest absolute Gasteiger partial charge is 0.396 e. The maximum atomic E-state index is 13.7. The first kappa shape index (κ1) is 20.8. The van der Waals surface area contributed by atoms with E-state index in [1.54, 1.807) is 17.0 Å². The Hall–Kier alpha value is -3.47. The summed E-state index contributed by atoms with van der Waals surface area (Å²) < 4.78 is 42.3. The number of piperazine rings is 1. The van der Waals surface area contributed by atoms with Gasteiger partial charge in [-0.05, 0) is 17.7 Å². The number of aromatic nitrogens is 4. The molecule has 31 heavy (non-hydrogen) atoms. The Balaban J connectivity index is 1.46. The first-order chi connectivity index (χ1) is 14.8. The van der Waals surface area contributed by atoms with Gasteiger partial charge in [0.2, 0.25) is 0 Å². The summed E-state index contributed by atoms with van der Waals surface area (Å²) in [7, 11) is 0.